The van der Waals surface area contributed by atoms with Gasteiger partial charge in [0.1, 0.15) is 10.0 Å². The van der Waals surface area contributed by atoms with Gasteiger partial charge >= 0.3 is 0 Å². The van der Waals surface area contributed by atoms with Crippen LogP contribution in [0, 0.1) is 5.82 Å². The van der Waals surface area contributed by atoms with E-state index in [2.05, 4.69) is 26.0 Å². The molecule has 0 fully saturated rings. The van der Waals surface area contributed by atoms with E-state index in [4.69, 9.17) is 0 Å². The molecule has 0 unspecified atom stereocenters. The summed E-state index contributed by atoms with van der Waals surface area (Å²) in [6, 6.07) is 7.58. The summed E-state index contributed by atoms with van der Waals surface area (Å²) in [6.45, 7) is 0.770. The molecule has 4 nitrogen and oxygen atoms in total. The number of benzene rings is 1. The fourth-order valence-corrected chi connectivity index (χ4v) is 4.68. The molecule has 0 radical (unpaired) electrons. The first kappa shape index (κ1) is 16.4. The van der Waals surface area contributed by atoms with Crippen LogP contribution in [0.3, 0.4) is 0 Å². The lowest BCUT2D eigenvalue weighted by Crippen LogP contribution is -2.13. The Morgan fingerprint density at radius 3 is 2.71 bits per heavy atom. The molecule has 1 heterocycles. The van der Waals surface area contributed by atoms with E-state index in [1.165, 1.54) is 29.5 Å². The maximum Gasteiger partial charge on any atom is 0.271 e. The van der Waals surface area contributed by atoms with Crippen molar-refractivity contribution in [2.75, 3.05) is 18.3 Å². The van der Waals surface area contributed by atoms with E-state index < -0.39 is 15.8 Å². The Hall–Kier alpha value is -0.960. The van der Waals surface area contributed by atoms with Gasteiger partial charge in [-0.15, -0.1) is 11.3 Å². The highest BCUT2D eigenvalue weighted by molar-refractivity contribution is 9.10. The van der Waals surface area contributed by atoms with Crippen LogP contribution in [0.1, 0.15) is 4.88 Å². The molecule has 2 aromatic rings. The van der Waals surface area contributed by atoms with Crippen molar-refractivity contribution < 1.29 is 12.8 Å². The zero-order valence-electron chi connectivity index (χ0n) is 11.2. The number of para-hydroxylation sites is 1. The number of anilines is 1. The SMILES string of the molecule is CNCCc1ccc(S(=O)(=O)Nc2c(F)cccc2Br)s1. The lowest BCUT2D eigenvalue weighted by atomic mass is 10.3. The molecular formula is C13H14BrFN2O2S2. The van der Waals surface area contributed by atoms with Crippen molar-refractivity contribution in [1.82, 2.24) is 5.32 Å². The van der Waals surface area contributed by atoms with Crippen LogP contribution < -0.4 is 10.0 Å². The van der Waals surface area contributed by atoms with Crippen molar-refractivity contribution in [1.29, 1.82) is 0 Å². The van der Waals surface area contributed by atoms with Gasteiger partial charge < -0.3 is 5.32 Å². The summed E-state index contributed by atoms with van der Waals surface area (Å²) in [5.41, 5.74) is -0.0809. The second kappa shape index (κ2) is 6.87. The molecular weight excluding hydrogens is 379 g/mol. The van der Waals surface area contributed by atoms with E-state index >= 15 is 0 Å². The van der Waals surface area contributed by atoms with Gasteiger partial charge in [0.2, 0.25) is 0 Å². The molecule has 0 amide bonds. The van der Waals surface area contributed by atoms with Crippen LogP contribution in [0.4, 0.5) is 10.1 Å². The monoisotopic (exact) mass is 392 g/mol. The molecule has 8 heteroatoms. The van der Waals surface area contributed by atoms with Crippen molar-refractivity contribution in [2.24, 2.45) is 0 Å². The smallest absolute Gasteiger partial charge is 0.271 e. The molecule has 0 spiro atoms. The first-order chi connectivity index (χ1) is 9.94. The van der Waals surface area contributed by atoms with Crippen LogP contribution in [0.25, 0.3) is 0 Å². The predicted octanol–water partition coefficient (Wildman–Crippen LogP) is 3.21. The summed E-state index contributed by atoms with van der Waals surface area (Å²) in [6.07, 6.45) is 0.750. The van der Waals surface area contributed by atoms with Gasteiger partial charge in [-0.25, -0.2) is 12.8 Å². The van der Waals surface area contributed by atoms with Crippen molar-refractivity contribution in [3.8, 4) is 0 Å². The average Bonchev–Trinajstić information content (AvgIpc) is 2.90. The Morgan fingerprint density at radius 1 is 1.29 bits per heavy atom. The molecule has 0 aliphatic rings. The largest absolute Gasteiger partial charge is 0.319 e. The van der Waals surface area contributed by atoms with E-state index in [0.29, 0.717) is 4.47 Å². The molecule has 0 aliphatic carbocycles. The van der Waals surface area contributed by atoms with Crippen LogP contribution in [0.5, 0.6) is 0 Å². The van der Waals surface area contributed by atoms with Gasteiger partial charge in [-0.2, -0.15) is 0 Å². The number of halogens is 2. The molecule has 0 bridgehead atoms. The zero-order valence-corrected chi connectivity index (χ0v) is 14.4. The number of hydrogen-bond acceptors (Lipinski definition) is 4. The molecule has 2 N–H and O–H groups in total. The Labute approximate surface area is 135 Å². The maximum absolute atomic E-state index is 13.7. The van der Waals surface area contributed by atoms with Crippen LogP contribution in [-0.2, 0) is 16.4 Å². The molecule has 21 heavy (non-hydrogen) atoms. The molecule has 0 aliphatic heterocycles. The highest BCUT2D eigenvalue weighted by atomic mass is 79.9. The third-order valence-corrected chi connectivity index (χ3v) is 6.37. The first-order valence-electron chi connectivity index (χ1n) is 6.14. The van der Waals surface area contributed by atoms with E-state index in [9.17, 15) is 12.8 Å². The Morgan fingerprint density at radius 2 is 2.05 bits per heavy atom. The standard InChI is InChI=1S/C13H14BrFN2O2S2/c1-16-8-7-9-5-6-12(20-9)21(18,19)17-13-10(14)3-2-4-11(13)15/h2-6,16-17H,7-8H2,1H3. The lowest BCUT2D eigenvalue weighted by molar-refractivity contribution is 0.600. The molecule has 0 saturated carbocycles. The van der Waals surface area contributed by atoms with Crippen molar-refractivity contribution in [3.63, 3.8) is 0 Å². The van der Waals surface area contributed by atoms with E-state index in [-0.39, 0.29) is 9.90 Å². The summed E-state index contributed by atoms with van der Waals surface area (Å²) in [4.78, 5) is 0.956. The topological polar surface area (TPSA) is 58.2 Å². The lowest BCUT2D eigenvalue weighted by Gasteiger charge is -2.09. The second-order valence-corrected chi connectivity index (χ2v) is 8.21. The van der Waals surface area contributed by atoms with Crippen molar-refractivity contribution in [2.45, 2.75) is 10.6 Å². The summed E-state index contributed by atoms with van der Waals surface area (Å²) >= 11 is 4.32. The normalized spacial score (nSPS) is 11.6. The van der Waals surface area contributed by atoms with Gasteiger partial charge in [-0.05, 0) is 60.2 Å². The van der Waals surface area contributed by atoms with Crippen LogP contribution >= 0.6 is 27.3 Å². The molecule has 2 rings (SSSR count). The summed E-state index contributed by atoms with van der Waals surface area (Å²) in [5, 5.41) is 3.00. The quantitative estimate of drug-likeness (QED) is 0.793. The molecule has 114 valence electrons. The van der Waals surface area contributed by atoms with Gasteiger partial charge in [0.15, 0.2) is 0 Å². The molecule has 1 aromatic carbocycles. The molecule has 1 aromatic heterocycles. The van der Waals surface area contributed by atoms with Gasteiger partial charge in [-0.3, -0.25) is 4.72 Å². The minimum absolute atomic E-state index is 0.0809. The third kappa shape index (κ3) is 4.03. The van der Waals surface area contributed by atoms with Gasteiger partial charge in [-0.1, -0.05) is 6.07 Å². The number of thiophene rings is 1. The maximum atomic E-state index is 13.7. The molecule has 0 saturated heterocycles. The zero-order chi connectivity index (χ0) is 15.5. The Bertz CT molecular complexity index is 711. The van der Waals surface area contributed by atoms with E-state index in [1.54, 1.807) is 12.1 Å². The van der Waals surface area contributed by atoms with Crippen molar-refractivity contribution >= 4 is 43.0 Å². The predicted molar refractivity (Wildman–Crippen MR) is 86.9 cm³/mol. The summed E-state index contributed by atoms with van der Waals surface area (Å²) in [7, 11) is -1.95. The minimum atomic E-state index is -3.78. The Kier molecular flexibility index (Phi) is 5.37. The Balaban J connectivity index is 2.24. The summed E-state index contributed by atoms with van der Waals surface area (Å²) in [5.74, 6) is -0.625. The van der Waals surface area contributed by atoms with E-state index in [1.807, 2.05) is 7.05 Å². The second-order valence-electron chi connectivity index (χ2n) is 4.28. The third-order valence-electron chi connectivity index (χ3n) is 2.72. The fourth-order valence-electron chi connectivity index (χ4n) is 1.67. The average molecular weight is 393 g/mol. The first-order valence-corrected chi connectivity index (χ1v) is 9.23. The molecule has 0 atom stereocenters. The number of rotatable bonds is 6. The van der Waals surface area contributed by atoms with Gasteiger partial charge in [0.25, 0.3) is 10.0 Å². The number of sulfonamides is 1. The number of likely N-dealkylation sites (N-methyl/N-ethyl adjacent to an activating group) is 1. The number of nitrogens with one attached hydrogen (secondary N) is 2. The van der Waals surface area contributed by atoms with Gasteiger partial charge in [0, 0.05) is 9.35 Å². The van der Waals surface area contributed by atoms with Crippen LogP contribution in [0.15, 0.2) is 39.0 Å². The van der Waals surface area contributed by atoms with Crippen LogP contribution in [0.2, 0.25) is 0 Å². The highest BCUT2D eigenvalue weighted by Gasteiger charge is 2.20. The van der Waals surface area contributed by atoms with Crippen LogP contribution in [-0.4, -0.2) is 22.0 Å². The minimum Gasteiger partial charge on any atom is -0.319 e. The fraction of sp³-hybridized carbons (Fsp3) is 0.231. The van der Waals surface area contributed by atoms with Crippen molar-refractivity contribution in [3.05, 3.63) is 45.5 Å². The number of hydrogen-bond donors (Lipinski definition) is 2. The van der Waals surface area contributed by atoms with Gasteiger partial charge in [0.05, 0.1) is 5.69 Å². The summed E-state index contributed by atoms with van der Waals surface area (Å²) < 4.78 is 41.1. The highest BCUT2D eigenvalue weighted by Crippen LogP contribution is 2.29. The van der Waals surface area contributed by atoms with E-state index in [0.717, 1.165) is 17.8 Å².